The molecule has 0 aliphatic heterocycles. The van der Waals surface area contributed by atoms with Crippen LogP contribution in [0.2, 0.25) is 5.15 Å². The van der Waals surface area contributed by atoms with Crippen LogP contribution in [-0.4, -0.2) is 18.4 Å². The standard InChI is InChI=1S/C10H9ClN4O2S/c11-9-5-14-10(6-13-9)15-7-1-3-8(4-2-7)18(12,16)17/h1-6H,(H,14,15)(H2,12,16,17). The molecular formula is C10H9ClN4O2S. The number of primary sulfonamides is 1. The van der Waals surface area contributed by atoms with Gasteiger partial charge in [0.1, 0.15) is 11.0 Å². The highest BCUT2D eigenvalue weighted by Gasteiger charge is 2.06. The molecule has 0 amide bonds. The number of sulfonamides is 1. The first kappa shape index (κ1) is 12.7. The maximum atomic E-state index is 11.1. The third kappa shape index (κ3) is 3.16. The molecular weight excluding hydrogens is 276 g/mol. The average molecular weight is 285 g/mol. The number of aromatic nitrogens is 2. The molecule has 0 aliphatic rings. The highest BCUT2D eigenvalue weighted by molar-refractivity contribution is 7.89. The molecule has 2 aromatic rings. The molecule has 1 aromatic heterocycles. The molecule has 0 saturated heterocycles. The summed E-state index contributed by atoms with van der Waals surface area (Å²) in [6, 6.07) is 5.97. The number of nitrogens with two attached hydrogens (primary N) is 1. The molecule has 18 heavy (non-hydrogen) atoms. The van der Waals surface area contributed by atoms with Gasteiger partial charge in [0.2, 0.25) is 10.0 Å². The van der Waals surface area contributed by atoms with E-state index >= 15 is 0 Å². The molecule has 0 atom stereocenters. The van der Waals surface area contributed by atoms with Crippen molar-refractivity contribution in [2.75, 3.05) is 5.32 Å². The van der Waals surface area contributed by atoms with Gasteiger partial charge in [-0.25, -0.2) is 23.5 Å². The van der Waals surface area contributed by atoms with Crippen LogP contribution >= 0.6 is 11.6 Å². The van der Waals surface area contributed by atoms with Gasteiger partial charge in [0, 0.05) is 5.69 Å². The molecule has 94 valence electrons. The average Bonchev–Trinajstić information content (AvgIpc) is 2.32. The minimum atomic E-state index is -3.67. The first-order valence-corrected chi connectivity index (χ1v) is 6.75. The van der Waals surface area contributed by atoms with Gasteiger partial charge in [-0.2, -0.15) is 0 Å². The van der Waals surface area contributed by atoms with E-state index in [0.717, 1.165) is 0 Å². The molecule has 0 fully saturated rings. The number of nitrogens with one attached hydrogen (secondary N) is 1. The fourth-order valence-corrected chi connectivity index (χ4v) is 1.87. The number of anilines is 2. The molecule has 3 N–H and O–H groups in total. The predicted octanol–water partition coefficient (Wildman–Crippen LogP) is 1.52. The van der Waals surface area contributed by atoms with Crippen LogP contribution in [0.4, 0.5) is 11.5 Å². The number of rotatable bonds is 3. The second-order valence-electron chi connectivity index (χ2n) is 3.42. The number of hydrogen-bond donors (Lipinski definition) is 2. The lowest BCUT2D eigenvalue weighted by Crippen LogP contribution is -2.11. The van der Waals surface area contributed by atoms with E-state index in [1.54, 1.807) is 12.1 Å². The van der Waals surface area contributed by atoms with Gasteiger partial charge >= 0.3 is 0 Å². The molecule has 2 rings (SSSR count). The highest BCUT2D eigenvalue weighted by atomic mass is 35.5. The lowest BCUT2D eigenvalue weighted by molar-refractivity contribution is 0.598. The van der Waals surface area contributed by atoms with Crippen LogP contribution in [0.15, 0.2) is 41.6 Å². The van der Waals surface area contributed by atoms with E-state index in [9.17, 15) is 8.42 Å². The van der Waals surface area contributed by atoms with E-state index in [1.807, 2.05) is 0 Å². The molecule has 0 saturated carbocycles. The van der Waals surface area contributed by atoms with Gasteiger partial charge in [-0.05, 0) is 24.3 Å². The molecule has 0 spiro atoms. The SMILES string of the molecule is NS(=O)(=O)c1ccc(Nc2cnc(Cl)cn2)cc1. The van der Waals surface area contributed by atoms with Crippen LogP contribution in [0.1, 0.15) is 0 Å². The zero-order chi connectivity index (χ0) is 13.2. The van der Waals surface area contributed by atoms with Crippen LogP contribution in [-0.2, 0) is 10.0 Å². The Balaban J connectivity index is 2.18. The number of nitrogens with zero attached hydrogens (tertiary/aromatic N) is 2. The normalized spacial score (nSPS) is 11.2. The summed E-state index contributed by atoms with van der Waals surface area (Å²) in [5.41, 5.74) is 0.666. The van der Waals surface area contributed by atoms with E-state index in [4.69, 9.17) is 16.7 Å². The summed E-state index contributed by atoms with van der Waals surface area (Å²) in [5, 5.41) is 8.23. The summed E-state index contributed by atoms with van der Waals surface area (Å²) in [7, 11) is -3.67. The van der Waals surface area contributed by atoms with Gasteiger partial charge in [0.25, 0.3) is 0 Å². The molecule has 0 bridgehead atoms. The van der Waals surface area contributed by atoms with E-state index in [2.05, 4.69) is 15.3 Å². The summed E-state index contributed by atoms with van der Waals surface area (Å²) in [6.07, 6.45) is 2.87. The lowest BCUT2D eigenvalue weighted by Gasteiger charge is -2.05. The van der Waals surface area contributed by atoms with Crippen molar-refractivity contribution in [1.82, 2.24) is 9.97 Å². The van der Waals surface area contributed by atoms with Crippen molar-refractivity contribution in [2.45, 2.75) is 4.90 Å². The fourth-order valence-electron chi connectivity index (χ4n) is 1.25. The third-order valence-corrected chi connectivity index (χ3v) is 3.20. The molecule has 6 nitrogen and oxygen atoms in total. The first-order chi connectivity index (χ1) is 8.45. The fraction of sp³-hybridized carbons (Fsp3) is 0. The van der Waals surface area contributed by atoms with E-state index in [-0.39, 0.29) is 4.90 Å². The Labute approximate surface area is 109 Å². The predicted molar refractivity (Wildman–Crippen MR) is 68.1 cm³/mol. The van der Waals surface area contributed by atoms with Crippen molar-refractivity contribution >= 4 is 33.1 Å². The Hall–Kier alpha value is -1.70. The van der Waals surface area contributed by atoms with Crippen molar-refractivity contribution in [2.24, 2.45) is 5.14 Å². The Morgan fingerprint density at radius 2 is 1.78 bits per heavy atom. The van der Waals surface area contributed by atoms with Crippen LogP contribution in [0.3, 0.4) is 0 Å². The Morgan fingerprint density at radius 3 is 2.28 bits per heavy atom. The van der Waals surface area contributed by atoms with Crippen molar-refractivity contribution in [3.63, 3.8) is 0 Å². The summed E-state index contributed by atoms with van der Waals surface area (Å²) in [5.74, 6) is 0.503. The molecule has 1 aromatic carbocycles. The van der Waals surface area contributed by atoms with Gasteiger partial charge < -0.3 is 5.32 Å². The molecule has 0 radical (unpaired) electrons. The quantitative estimate of drug-likeness (QED) is 0.890. The zero-order valence-corrected chi connectivity index (χ0v) is 10.6. The number of halogens is 1. The van der Waals surface area contributed by atoms with E-state index in [1.165, 1.54) is 24.5 Å². The monoisotopic (exact) mass is 284 g/mol. The van der Waals surface area contributed by atoms with Gasteiger partial charge in [-0.15, -0.1) is 0 Å². The van der Waals surface area contributed by atoms with Gasteiger partial charge in [-0.1, -0.05) is 11.6 Å². The lowest BCUT2D eigenvalue weighted by atomic mass is 10.3. The first-order valence-electron chi connectivity index (χ1n) is 4.82. The second-order valence-corrected chi connectivity index (χ2v) is 5.37. The molecule has 8 heteroatoms. The highest BCUT2D eigenvalue weighted by Crippen LogP contribution is 2.16. The van der Waals surface area contributed by atoms with E-state index in [0.29, 0.717) is 16.7 Å². The van der Waals surface area contributed by atoms with Crippen molar-refractivity contribution < 1.29 is 8.42 Å². The maximum absolute atomic E-state index is 11.1. The zero-order valence-electron chi connectivity index (χ0n) is 9.04. The Bertz CT molecular complexity index is 641. The number of benzene rings is 1. The Kier molecular flexibility index (Phi) is 3.46. The van der Waals surface area contributed by atoms with E-state index < -0.39 is 10.0 Å². The van der Waals surface area contributed by atoms with Gasteiger partial charge in [0.05, 0.1) is 17.3 Å². The maximum Gasteiger partial charge on any atom is 0.238 e. The summed E-state index contributed by atoms with van der Waals surface area (Å²) >= 11 is 5.60. The third-order valence-electron chi connectivity index (χ3n) is 2.08. The topological polar surface area (TPSA) is 98.0 Å². The van der Waals surface area contributed by atoms with Crippen LogP contribution in [0.5, 0.6) is 0 Å². The molecule has 1 heterocycles. The Morgan fingerprint density at radius 1 is 1.11 bits per heavy atom. The van der Waals surface area contributed by atoms with Crippen molar-refractivity contribution in [3.8, 4) is 0 Å². The molecule has 0 unspecified atom stereocenters. The van der Waals surface area contributed by atoms with Gasteiger partial charge in [0.15, 0.2) is 0 Å². The summed E-state index contributed by atoms with van der Waals surface area (Å²) in [4.78, 5) is 7.90. The van der Waals surface area contributed by atoms with Crippen LogP contribution in [0, 0.1) is 0 Å². The number of hydrogen-bond acceptors (Lipinski definition) is 5. The minimum absolute atomic E-state index is 0.0511. The molecule has 0 aliphatic carbocycles. The van der Waals surface area contributed by atoms with Crippen LogP contribution in [0.25, 0.3) is 0 Å². The second kappa shape index (κ2) is 4.89. The van der Waals surface area contributed by atoms with Crippen LogP contribution < -0.4 is 10.5 Å². The van der Waals surface area contributed by atoms with Crippen molar-refractivity contribution in [1.29, 1.82) is 0 Å². The van der Waals surface area contributed by atoms with Crippen molar-refractivity contribution in [3.05, 3.63) is 41.8 Å². The summed E-state index contributed by atoms with van der Waals surface area (Å²) < 4.78 is 22.1. The minimum Gasteiger partial charge on any atom is -0.339 e. The smallest absolute Gasteiger partial charge is 0.238 e. The largest absolute Gasteiger partial charge is 0.339 e. The summed E-state index contributed by atoms with van der Waals surface area (Å²) in [6.45, 7) is 0. The van der Waals surface area contributed by atoms with Gasteiger partial charge in [-0.3, -0.25) is 0 Å².